The second-order valence-corrected chi connectivity index (χ2v) is 10.4. The van der Waals surface area contributed by atoms with E-state index in [1.54, 1.807) is 0 Å². The van der Waals surface area contributed by atoms with Gasteiger partial charge in [-0.05, 0) is 44.7 Å². The SMILES string of the molecule is CCO[C@]12CC[C@H](C(=O)C1)[C@H]1C(=O)N(CCCCN3CCN(Cc4ccccc4)CC3)C(=O)[C@H]12. The Hall–Kier alpha value is -2.09. The van der Waals surface area contributed by atoms with Gasteiger partial charge in [-0.25, -0.2) is 0 Å². The third-order valence-corrected chi connectivity index (χ3v) is 8.46. The molecule has 0 N–H and O–H groups in total. The van der Waals surface area contributed by atoms with Crippen molar-refractivity contribution in [2.45, 2.75) is 51.2 Å². The van der Waals surface area contributed by atoms with Crippen LogP contribution in [0.2, 0.25) is 0 Å². The summed E-state index contributed by atoms with van der Waals surface area (Å²) >= 11 is 0. The summed E-state index contributed by atoms with van der Waals surface area (Å²) in [6.45, 7) is 9.05. The number of hydrogen-bond donors (Lipinski definition) is 0. The Bertz CT molecular complexity index is 910. The van der Waals surface area contributed by atoms with Gasteiger partial charge in [0, 0.05) is 58.2 Å². The number of rotatable bonds is 9. The van der Waals surface area contributed by atoms with Crippen LogP contribution in [0.1, 0.15) is 44.6 Å². The third-order valence-electron chi connectivity index (χ3n) is 8.46. The first-order valence-corrected chi connectivity index (χ1v) is 13.0. The first-order chi connectivity index (χ1) is 16.5. The smallest absolute Gasteiger partial charge is 0.236 e. The number of benzene rings is 1. The number of hydrogen-bond acceptors (Lipinski definition) is 6. The topological polar surface area (TPSA) is 70.2 Å². The Labute approximate surface area is 202 Å². The van der Waals surface area contributed by atoms with Crippen LogP contribution in [0.3, 0.4) is 0 Å². The molecule has 2 amide bonds. The molecule has 6 rings (SSSR count). The minimum Gasteiger partial charge on any atom is -0.374 e. The summed E-state index contributed by atoms with van der Waals surface area (Å²) in [5, 5.41) is 0. The normalized spacial score (nSPS) is 32.0. The standard InChI is InChI=1S/C27H37N3O4/c1-2-34-27-11-10-21(22(31)18-27)23-24(27)26(33)30(25(23)32)13-7-6-12-28-14-16-29(17-15-28)19-20-8-4-3-5-9-20/h3-5,8-9,21,23-24H,2,6-7,10-19H2,1H3/t21-,23-,24+,27-/m1/s1. The molecule has 2 heterocycles. The van der Waals surface area contributed by atoms with Crippen LogP contribution in [-0.4, -0.2) is 83.8 Å². The van der Waals surface area contributed by atoms with Crippen molar-refractivity contribution in [1.82, 2.24) is 14.7 Å². The highest BCUT2D eigenvalue weighted by Crippen LogP contribution is 2.55. The van der Waals surface area contributed by atoms with Crippen LogP contribution < -0.4 is 0 Å². The van der Waals surface area contributed by atoms with Crippen molar-refractivity contribution >= 4 is 17.6 Å². The van der Waals surface area contributed by atoms with Gasteiger partial charge in [-0.3, -0.25) is 24.2 Å². The van der Waals surface area contributed by atoms with Gasteiger partial charge in [0.25, 0.3) is 0 Å². The fourth-order valence-electron chi connectivity index (χ4n) is 6.77. The molecule has 7 nitrogen and oxygen atoms in total. The average Bonchev–Trinajstić information content (AvgIpc) is 3.10. The zero-order chi connectivity index (χ0) is 23.7. The Kier molecular flexibility index (Phi) is 6.87. The van der Waals surface area contributed by atoms with E-state index >= 15 is 0 Å². The van der Waals surface area contributed by atoms with Gasteiger partial charge in [0.05, 0.1) is 17.4 Å². The highest BCUT2D eigenvalue weighted by molar-refractivity contribution is 6.09. The van der Waals surface area contributed by atoms with E-state index in [-0.39, 0.29) is 29.9 Å². The summed E-state index contributed by atoms with van der Waals surface area (Å²) in [6, 6.07) is 10.6. The Morgan fingerprint density at radius 3 is 2.35 bits per heavy atom. The van der Waals surface area contributed by atoms with Crippen molar-refractivity contribution in [1.29, 1.82) is 0 Å². The number of ether oxygens (including phenoxy) is 1. The number of carbonyl (C=O) groups excluding carboxylic acids is 3. The average molecular weight is 468 g/mol. The largest absolute Gasteiger partial charge is 0.374 e. The van der Waals surface area contributed by atoms with Crippen molar-refractivity contribution in [2.24, 2.45) is 17.8 Å². The van der Waals surface area contributed by atoms with E-state index in [0.29, 0.717) is 26.0 Å². The van der Waals surface area contributed by atoms with E-state index in [0.717, 1.165) is 52.1 Å². The predicted octanol–water partition coefficient (Wildman–Crippen LogP) is 2.34. The Balaban J connectivity index is 1.09. The van der Waals surface area contributed by atoms with Crippen molar-refractivity contribution in [3.63, 3.8) is 0 Å². The van der Waals surface area contributed by atoms with Gasteiger partial charge < -0.3 is 9.64 Å². The highest BCUT2D eigenvalue weighted by Gasteiger charge is 2.67. The fraction of sp³-hybridized carbons (Fsp3) is 0.667. The molecule has 2 bridgehead atoms. The zero-order valence-electron chi connectivity index (χ0n) is 20.3. The number of ketones is 1. The van der Waals surface area contributed by atoms with E-state index in [2.05, 4.69) is 40.1 Å². The van der Waals surface area contributed by atoms with E-state index < -0.39 is 17.4 Å². The molecule has 0 aromatic heterocycles. The van der Waals surface area contributed by atoms with Crippen molar-refractivity contribution < 1.29 is 19.1 Å². The minimum atomic E-state index is -0.758. The molecule has 1 aromatic rings. The number of imide groups is 1. The fourth-order valence-corrected chi connectivity index (χ4v) is 6.77. The maximum absolute atomic E-state index is 13.3. The molecular formula is C27H37N3O4. The van der Waals surface area contributed by atoms with Gasteiger partial charge in [-0.1, -0.05) is 30.3 Å². The van der Waals surface area contributed by atoms with Gasteiger partial charge in [0.1, 0.15) is 5.78 Å². The van der Waals surface area contributed by atoms with Crippen LogP contribution in [0, 0.1) is 17.8 Å². The van der Waals surface area contributed by atoms with Gasteiger partial charge in [-0.15, -0.1) is 0 Å². The highest BCUT2D eigenvalue weighted by atomic mass is 16.5. The van der Waals surface area contributed by atoms with Crippen molar-refractivity contribution in [3.8, 4) is 0 Å². The lowest BCUT2D eigenvalue weighted by Gasteiger charge is -2.50. The van der Waals surface area contributed by atoms with E-state index in [9.17, 15) is 14.4 Å². The summed E-state index contributed by atoms with van der Waals surface area (Å²) in [5.74, 6) is -1.38. The molecule has 0 spiro atoms. The van der Waals surface area contributed by atoms with Crippen LogP contribution in [0.5, 0.6) is 0 Å². The van der Waals surface area contributed by atoms with Crippen LogP contribution in [-0.2, 0) is 25.7 Å². The lowest BCUT2D eigenvalue weighted by atomic mass is 9.56. The quantitative estimate of drug-likeness (QED) is 0.410. The van der Waals surface area contributed by atoms with Crippen LogP contribution in [0.4, 0.5) is 0 Å². The monoisotopic (exact) mass is 467 g/mol. The van der Waals surface area contributed by atoms with Gasteiger partial charge in [-0.2, -0.15) is 0 Å². The summed E-state index contributed by atoms with van der Waals surface area (Å²) in [7, 11) is 0. The lowest BCUT2D eigenvalue weighted by Crippen LogP contribution is -2.59. The summed E-state index contributed by atoms with van der Waals surface area (Å²) in [4.78, 5) is 45.6. The molecule has 2 aliphatic heterocycles. The molecule has 5 fully saturated rings. The number of unbranched alkanes of at least 4 members (excludes halogenated alkanes) is 1. The zero-order valence-corrected chi connectivity index (χ0v) is 20.3. The first-order valence-electron chi connectivity index (χ1n) is 13.0. The molecule has 1 aromatic carbocycles. The number of likely N-dealkylation sites (tertiary alicyclic amines) is 1. The number of carbonyl (C=O) groups is 3. The molecule has 3 saturated carbocycles. The molecule has 0 unspecified atom stereocenters. The summed E-state index contributed by atoms with van der Waals surface area (Å²) in [5.41, 5.74) is 0.601. The maximum Gasteiger partial charge on any atom is 0.236 e. The molecule has 34 heavy (non-hydrogen) atoms. The number of Topliss-reactive ketones (excluding diaryl/α,β-unsaturated/α-hetero) is 1. The van der Waals surface area contributed by atoms with Crippen LogP contribution >= 0.6 is 0 Å². The van der Waals surface area contributed by atoms with Crippen LogP contribution in [0.25, 0.3) is 0 Å². The van der Waals surface area contributed by atoms with Crippen molar-refractivity contribution in [2.75, 3.05) is 45.9 Å². The number of amides is 2. The Morgan fingerprint density at radius 1 is 0.941 bits per heavy atom. The van der Waals surface area contributed by atoms with E-state index in [4.69, 9.17) is 4.74 Å². The van der Waals surface area contributed by atoms with E-state index in [1.807, 2.05) is 6.92 Å². The summed E-state index contributed by atoms with van der Waals surface area (Å²) < 4.78 is 6.03. The first kappa shape index (κ1) is 23.6. The molecule has 5 aliphatic rings. The number of nitrogens with zero attached hydrogens (tertiary/aromatic N) is 3. The minimum absolute atomic E-state index is 0.102. The molecule has 7 heteroatoms. The molecule has 4 atom stereocenters. The lowest BCUT2D eigenvalue weighted by molar-refractivity contribution is -0.180. The predicted molar refractivity (Wildman–Crippen MR) is 128 cm³/mol. The van der Waals surface area contributed by atoms with Crippen LogP contribution in [0.15, 0.2) is 30.3 Å². The van der Waals surface area contributed by atoms with Crippen molar-refractivity contribution in [3.05, 3.63) is 35.9 Å². The summed E-state index contributed by atoms with van der Waals surface area (Å²) in [6.07, 6.45) is 3.44. The van der Waals surface area contributed by atoms with Gasteiger partial charge in [0.2, 0.25) is 11.8 Å². The number of fused-ring (bicyclic) bond motifs is 2. The molecule has 184 valence electrons. The number of piperazine rings is 1. The van der Waals surface area contributed by atoms with Gasteiger partial charge in [0.15, 0.2) is 0 Å². The second-order valence-electron chi connectivity index (χ2n) is 10.4. The second kappa shape index (κ2) is 9.88. The molecule has 2 saturated heterocycles. The molecule has 0 radical (unpaired) electrons. The maximum atomic E-state index is 13.3. The Morgan fingerprint density at radius 2 is 1.65 bits per heavy atom. The van der Waals surface area contributed by atoms with E-state index in [1.165, 1.54) is 10.5 Å². The third kappa shape index (κ3) is 4.34. The molecular weight excluding hydrogens is 430 g/mol. The molecule has 3 aliphatic carbocycles. The van der Waals surface area contributed by atoms with Gasteiger partial charge >= 0.3 is 0 Å².